The molecule has 1 aromatic heterocycles. The van der Waals surface area contributed by atoms with Gasteiger partial charge in [-0.15, -0.1) is 0 Å². The second-order valence-electron chi connectivity index (χ2n) is 4.21. The second kappa shape index (κ2) is 5.88. The van der Waals surface area contributed by atoms with Gasteiger partial charge in [-0.3, -0.25) is 10.1 Å². The summed E-state index contributed by atoms with van der Waals surface area (Å²) >= 11 is 3.31. The number of carboxylic acid groups (broad SMARTS) is 1. The number of carbonyl (C=O) groups is 1. The van der Waals surface area contributed by atoms with Crippen LogP contribution in [0.4, 0.5) is 17.2 Å². The molecule has 0 saturated heterocycles. The Hall–Kier alpha value is -2.48. The van der Waals surface area contributed by atoms with Crippen molar-refractivity contribution in [3.8, 4) is 0 Å². The molecule has 0 radical (unpaired) electrons. The van der Waals surface area contributed by atoms with Gasteiger partial charge in [-0.25, -0.2) is 9.78 Å². The highest BCUT2D eigenvalue weighted by molar-refractivity contribution is 9.10. The summed E-state index contributed by atoms with van der Waals surface area (Å²) in [6.07, 6.45) is 0. The van der Waals surface area contributed by atoms with E-state index in [4.69, 9.17) is 5.11 Å². The summed E-state index contributed by atoms with van der Waals surface area (Å²) < 4.78 is 0.785. The molecule has 0 aliphatic heterocycles. The lowest BCUT2D eigenvalue weighted by Gasteiger charge is -2.10. The maximum Gasteiger partial charge on any atom is 0.354 e. The molecule has 21 heavy (non-hydrogen) atoms. The predicted octanol–water partition coefficient (Wildman–Crippen LogP) is 3.50. The van der Waals surface area contributed by atoms with E-state index in [-0.39, 0.29) is 17.2 Å². The van der Waals surface area contributed by atoms with Gasteiger partial charge in [-0.2, -0.15) is 0 Å². The number of aromatic carboxylic acids is 1. The average Bonchev–Trinajstić information content (AvgIpc) is 2.42. The van der Waals surface area contributed by atoms with E-state index in [1.165, 1.54) is 0 Å². The van der Waals surface area contributed by atoms with Crippen LogP contribution in [0.15, 0.2) is 34.8 Å². The minimum absolute atomic E-state index is 0.110. The Kier molecular flexibility index (Phi) is 4.18. The Balaban J connectivity index is 2.50. The Labute approximate surface area is 127 Å². The van der Waals surface area contributed by atoms with Gasteiger partial charge in [0.15, 0.2) is 5.69 Å². The fourth-order valence-electron chi connectivity index (χ4n) is 1.67. The number of aromatic nitrogens is 1. The fraction of sp³-hybridized carbons (Fsp3) is 0.0769. The van der Waals surface area contributed by atoms with Crippen molar-refractivity contribution in [1.29, 1.82) is 0 Å². The SMILES string of the molecule is Cc1ccc(Br)cc1Nc1nc(C(=O)O)ccc1[N+](=O)[O-]. The average molecular weight is 352 g/mol. The smallest absolute Gasteiger partial charge is 0.354 e. The molecule has 108 valence electrons. The molecule has 0 amide bonds. The number of hydrogen-bond donors (Lipinski definition) is 2. The van der Waals surface area contributed by atoms with E-state index in [0.717, 1.165) is 22.2 Å². The van der Waals surface area contributed by atoms with Crippen LogP contribution in [0.2, 0.25) is 0 Å². The molecule has 1 aromatic carbocycles. The highest BCUT2D eigenvalue weighted by Gasteiger charge is 2.19. The Morgan fingerprint density at radius 1 is 1.38 bits per heavy atom. The molecule has 0 unspecified atom stereocenters. The number of halogens is 1. The van der Waals surface area contributed by atoms with E-state index in [9.17, 15) is 14.9 Å². The minimum Gasteiger partial charge on any atom is -0.477 e. The van der Waals surface area contributed by atoms with Gasteiger partial charge in [0.1, 0.15) is 0 Å². The van der Waals surface area contributed by atoms with Crippen LogP contribution in [0.5, 0.6) is 0 Å². The highest BCUT2D eigenvalue weighted by atomic mass is 79.9. The van der Waals surface area contributed by atoms with Gasteiger partial charge >= 0.3 is 11.7 Å². The van der Waals surface area contributed by atoms with Crippen LogP contribution >= 0.6 is 15.9 Å². The number of aryl methyl sites for hydroxylation is 1. The van der Waals surface area contributed by atoms with Crippen molar-refractivity contribution in [2.24, 2.45) is 0 Å². The Morgan fingerprint density at radius 2 is 2.10 bits per heavy atom. The first kappa shape index (κ1) is 14.9. The first-order valence-corrected chi connectivity index (χ1v) is 6.59. The first-order valence-electron chi connectivity index (χ1n) is 5.80. The molecule has 1 heterocycles. The molecule has 2 rings (SSSR count). The zero-order chi connectivity index (χ0) is 15.6. The van der Waals surface area contributed by atoms with Crippen molar-refractivity contribution >= 4 is 39.1 Å². The highest BCUT2D eigenvalue weighted by Crippen LogP contribution is 2.29. The number of benzene rings is 1. The number of pyridine rings is 1. The minimum atomic E-state index is -1.25. The summed E-state index contributed by atoms with van der Waals surface area (Å²) in [6.45, 7) is 1.82. The van der Waals surface area contributed by atoms with Crippen LogP contribution in [0.1, 0.15) is 16.1 Å². The van der Waals surface area contributed by atoms with Crippen LogP contribution < -0.4 is 5.32 Å². The number of carboxylic acids is 1. The van der Waals surface area contributed by atoms with Crippen molar-refractivity contribution < 1.29 is 14.8 Å². The van der Waals surface area contributed by atoms with E-state index in [1.807, 2.05) is 19.1 Å². The molecule has 0 aliphatic carbocycles. The quantitative estimate of drug-likeness (QED) is 0.644. The number of nitrogens with zero attached hydrogens (tertiary/aromatic N) is 2. The lowest BCUT2D eigenvalue weighted by molar-refractivity contribution is -0.384. The second-order valence-corrected chi connectivity index (χ2v) is 5.13. The third-order valence-corrected chi connectivity index (χ3v) is 3.24. The first-order chi connectivity index (χ1) is 9.88. The third kappa shape index (κ3) is 3.34. The molecule has 0 fully saturated rings. The lowest BCUT2D eigenvalue weighted by Crippen LogP contribution is -2.06. The number of nitro groups is 1. The van der Waals surface area contributed by atoms with Crippen LogP contribution in [0.25, 0.3) is 0 Å². The van der Waals surface area contributed by atoms with Gasteiger partial charge in [-0.05, 0) is 30.7 Å². The molecule has 0 bridgehead atoms. The van der Waals surface area contributed by atoms with Gasteiger partial charge in [0.25, 0.3) is 0 Å². The molecule has 2 N–H and O–H groups in total. The van der Waals surface area contributed by atoms with Crippen LogP contribution in [0, 0.1) is 17.0 Å². The van der Waals surface area contributed by atoms with Crippen LogP contribution in [-0.2, 0) is 0 Å². The Morgan fingerprint density at radius 3 is 2.71 bits per heavy atom. The molecule has 0 spiro atoms. The normalized spacial score (nSPS) is 10.2. The molecule has 0 aliphatic rings. The predicted molar refractivity (Wildman–Crippen MR) is 80.0 cm³/mol. The van der Waals surface area contributed by atoms with Gasteiger partial charge in [0.2, 0.25) is 5.82 Å². The number of rotatable bonds is 4. The summed E-state index contributed by atoms with van der Waals surface area (Å²) in [5, 5.41) is 22.8. The van der Waals surface area contributed by atoms with Crippen molar-refractivity contribution in [2.45, 2.75) is 6.92 Å². The van der Waals surface area contributed by atoms with Crippen LogP contribution in [-0.4, -0.2) is 21.0 Å². The Bertz CT molecular complexity index is 733. The van der Waals surface area contributed by atoms with Crippen molar-refractivity contribution in [1.82, 2.24) is 4.98 Å². The summed E-state index contributed by atoms with van der Waals surface area (Å²) in [5.74, 6) is -1.36. The molecule has 8 heteroatoms. The van der Waals surface area contributed by atoms with E-state index in [1.54, 1.807) is 6.07 Å². The zero-order valence-corrected chi connectivity index (χ0v) is 12.4. The standard InChI is InChI=1S/C13H10BrN3O4/c1-7-2-3-8(14)6-10(7)16-12-11(17(20)21)5-4-9(15-12)13(18)19/h2-6H,1H3,(H,15,16)(H,18,19). The van der Waals surface area contributed by atoms with Crippen molar-refractivity contribution in [2.75, 3.05) is 5.32 Å². The largest absolute Gasteiger partial charge is 0.477 e. The summed E-state index contributed by atoms with van der Waals surface area (Å²) in [5.41, 5.74) is 0.882. The van der Waals surface area contributed by atoms with Crippen molar-refractivity contribution in [3.05, 3.63) is 56.2 Å². The number of nitrogens with one attached hydrogen (secondary N) is 1. The maximum absolute atomic E-state index is 11.0. The van der Waals surface area contributed by atoms with Gasteiger partial charge in [0, 0.05) is 16.2 Å². The molecule has 7 nitrogen and oxygen atoms in total. The van der Waals surface area contributed by atoms with E-state index < -0.39 is 10.9 Å². The summed E-state index contributed by atoms with van der Waals surface area (Å²) in [7, 11) is 0. The fourth-order valence-corrected chi connectivity index (χ4v) is 2.03. The lowest BCUT2D eigenvalue weighted by atomic mass is 10.2. The monoisotopic (exact) mass is 351 g/mol. The molecule has 0 saturated carbocycles. The van der Waals surface area contributed by atoms with E-state index in [0.29, 0.717) is 5.69 Å². The molecular formula is C13H10BrN3O4. The molecule has 2 aromatic rings. The van der Waals surface area contributed by atoms with E-state index >= 15 is 0 Å². The van der Waals surface area contributed by atoms with Gasteiger partial charge < -0.3 is 10.4 Å². The topological polar surface area (TPSA) is 105 Å². The number of hydrogen-bond acceptors (Lipinski definition) is 5. The molecular weight excluding hydrogens is 342 g/mol. The number of anilines is 2. The van der Waals surface area contributed by atoms with Gasteiger partial charge in [0.05, 0.1) is 4.92 Å². The summed E-state index contributed by atoms with van der Waals surface area (Å²) in [4.78, 5) is 25.1. The van der Waals surface area contributed by atoms with E-state index in [2.05, 4.69) is 26.2 Å². The van der Waals surface area contributed by atoms with Crippen molar-refractivity contribution in [3.63, 3.8) is 0 Å². The third-order valence-electron chi connectivity index (χ3n) is 2.74. The van der Waals surface area contributed by atoms with Gasteiger partial charge in [-0.1, -0.05) is 22.0 Å². The maximum atomic E-state index is 11.0. The van der Waals surface area contributed by atoms with Crippen LogP contribution in [0.3, 0.4) is 0 Å². The zero-order valence-electron chi connectivity index (χ0n) is 10.8. The summed E-state index contributed by atoms with van der Waals surface area (Å²) in [6, 6.07) is 7.59. The molecule has 0 atom stereocenters.